The van der Waals surface area contributed by atoms with E-state index < -0.39 is 16.0 Å². The van der Waals surface area contributed by atoms with Crippen LogP contribution >= 0.6 is 34.8 Å². The van der Waals surface area contributed by atoms with Crippen LogP contribution in [-0.2, 0) is 9.59 Å². The van der Waals surface area contributed by atoms with Gasteiger partial charge in [-0.05, 0) is 31.2 Å². The van der Waals surface area contributed by atoms with Gasteiger partial charge in [-0.3, -0.25) is 9.59 Å². The standard InChI is InChI=1S/C10H8Cl3NO2/c1-6(15)10(12,13)9(16)14-8-4-2-7(11)3-5-8/h2-5H,1H3,(H,14,16). The average Bonchev–Trinajstić information content (AvgIpc) is 2.21. The van der Waals surface area contributed by atoms with E-state index >= 15 is 0 Å². The molecule has 6 heteroatoms. The van der Waals surface area contributed by atoms with E-state index in [0.717, 1.165) is 6.92 Å². The number of hydrogen-bond donors (Lipinski definition) is 1. The topological polar surface area (TPSA) is 46.2 Å². The monoisotopic (exact) mass is 279 g/mol. The number of rotatable bonds is 3. The molecule has 1 N–H and O–H groups in total. The predicted molar refractivity (Wildman–Crippen MR) is 65.2 cm³/mol. The Morgan fingerprint density at radius 1 is 1.19 bits per heavy atom. The maximum atomic E-state index is 11.5. The van der Waals surface area contributed by atoms with E-state index in [9.17, 15) is 9.59 Å². The number of carbonyl (C=O) groups is 2. The van der Waals surface area contributed by atoms with E-state index in [0.29, 0.717) is 10.7 Å². The van der Waals surface area contributed by atoms with Crippen LogP contribution in [-0.4, -0.2) is 16.0 Å². The third-order valence-electron chi connectivity index (χ3n) is 1.83. The maximum Gasteiger partial charge on any atom is 0.268 e. The van der Waals surface area contributed by atoms with Crippen molar-refractivity contribution < 1.29 is 9.59 Å². The third kappa shape index (κ3) is 3.11. The molecule has 0 bridgehead atoms. The summed E-state index contributed by atoms with van der Waals surface area (Å²) in [5.74, 6) is -1.42. The molecule has 1 aromatic rings. The Morgan fingerprint density at radius 3 is 2.12 bits per heavy atom. The van der Waals surface area contributed by atoms with Crippen molar-refractivity contribution in [2.75, 3.05) is 5.32 Å². The van der Waals surface area contributed by atoms with Crippen molar-refractivity contribution in [3.63, 3.8) is 0 Å². The first-order valence-electron chi connectivity index (χ1n) is 4.30. The number of alkyl halides is 2. The zero-order chi connectivity index (χ0) is 12.3. The number of halogens is 3. The summed E-state index contributed by atoms with van der Waals surface area (Å²) in [5, 5.41) is 2.94. The number of nitrogens with one attached hydrogen (secondary N) is 1. The summed E-state index contributed by atoms with van der Waals surface area (Å²) in [5.41, 5.74) is 0.460. The molecule has 1 rings (SSSR count). The molecule has 0 aliphatic heterocycles. The van der Waals surface area contributed by atoms with E-state index in [1.165, 1.54) is 0 Å². The van der Waals surface area contributed by atoms with Crippen molar-refractivity contribution in [3.8, 4) is 0 Å². The molecule has 0 aliphatic rings. The van der Waals surface area contributed by atoms with Gasteiger partial charge < -0.3 is 5.32 Å². The Labute approximate surface area is 108 Å². The van der Waals surface area contributed by atoms with Gasteiger partial charge in [-0.25, -0.2) is 0 Å². The summed E-state index contributed by atoms with van der Waals surface area (Å²) in [4.78, 5) is 22.5. The lowest BCUT2D eigenvalue weighted by molar-refractivity contribution is -0.125. The Hall–Kier alpha value is -0.770. The highest BCUT2D eigenvalue weighted by atomic mass is 35.5. The molecule has 0 atom stereocenters. The van der Waals surface area contributed by atoms with Crippen molar-refractivity contribution in [1.29, 1.82) is 0 Å². The van der Waals surface area contributed by atoms with E-state index in [4.69, 9.17) is 34.8 Å². The summed E-state index contributed by atoms with van der Waals surface area (Å²) in [7, 11) is 0. The first-order valence-corrected chi connectivity index (χ1v) is 5.43. The van der Waals surface area contributed by atoms with Crippen LogP contribution in [0.5, 0.6) is 0 Å². The minimum atomic E-state index is -2.07. The molecule has 1 amide bonds. The molecule has 0 aliphatic carbocycles. The number of Topliss-reactive ketones (excluding diaryl/α,β-unsaturated/α-hetero) is 1. The first-order chi connectivity index (χ1) is 7.34. The highest BCUT2D eigenvalue weighted by Crippen LogP contribution is 2.24. The quantitative estimate of drug-likeness (QED) is 0.683. The lowest BCUT2D eigenvalue weighted by Gasteiger charge is -2.15. The lowest BCUT2D eigenvalue weighted by atomic mass is 10.2. The van der Waals surface area contributed by atoms with Gasteiger partial charge in [0.2, 0.25) is 0 Å². The van der Waals surface area contributed by atoms with Crippen molar-refractivity contribution >= 4 is 52.2 Å². The molecule has 0 spiro atoms. The molecule has 0 aromatic heterocycles. The van der Waals surface area contributed by atoms with Crippen molar-refractivity contribution in [2.24, 2.45) is 0 Å². The van der Waals surface area contributed by atoms with Gasteiger partial charge in [0.15, 0.2) is 5.78 Å². The fourth-order valence-electron chi connectivity index (χ4n) is 0.903. The molecule has 16 heavy (non-hydrogen) atoms. The SMILES string of the molecule is CC(=O)C(Cl)(Cl)C(=O)Nc1ccc(Cl)cc1. The van der Waals surface area contributed by atoms with Crippen LogP contribution in [0, 0.1) is 0 Å². The number of ketones is 1. The largest absolute Gasteiger partial charge is 0.323 e. The van der Waals surface area contributed by atoms with Gasteiger partial charge in [-0.2, -0.15) is 0 Å². The number of carbonyl (C=O) groups excluding carboxylic acids is 2. The van der Waals surface area contributed by atoms with Gasteiger partial charge in [-0.15, -0.1) is 0 Å². The summed E-state index contributed by atoms with van der Waals surface area (Å²) < 4.78 is -2.07. The molecule has 0 saturated carbocycles. The molecule has 0 fully saturated rings. The van der Waals surface area contributed by atoms with Crippen LogP contribution in [0.3, 0.4) is 0 Å². The summed E-state index contributed by atoms with van der Waals surface area (Å²) >= 11 is 16.8. The molecular weight excluding hydrogens is 272 g/mol. The first kappa shape index (κ1) is 13.3. The van der Waals surface area contributed by atoms with E-state index in [-0.39, 0.29) is 0 Å². The maximum absolute atomic E-state index is 11.5. The molecule has 0 radical (unpaired) electrons. The number of benzene rings is 1. The normalized spacial score (nSPS) is 11.0. The molecule has 0 saturated heterocycles. The number of amides is 1. The van der Waals surface area contributed by atoms with Gasteiger partial charge >= 0.3 is 0 Å². The van der Waals surface area contributed by atoms with Crippen molar-refractivity contribution in [3.05, 3.63) is 29.3 Å². The average molecular weight is 281 g/mol. The van der Waals surface area contributed by atoms with Gasteiger partial charge in [0.25, 0.3) is 10.2 Å². The summed E-state index contributed by atoms with van der Waals surface area (Å²) in [6.07, 6.45) is 0. The highest BCUT2D eigenvalue weighted by Gasteiger charge is 2.39. The van der Waals surface area contributed by atoms with E-state index in [1.807, 2.05) is 0 Å². The zero-order valence-corrected chi connectivity index (χ0v) is 10.5. The van der Waals surface area contributed by atoms with Gasteiger partial charge in [-0.1, -0.05) is 34.8 Å². The molecule has 3 nitrogen and oxygen atoms in total. The Balaban J connectivity index is 2.79. The second-order valence-electron chi connectivity index (χ2n) is 3.09. The highest BCUT2D eigenvalue weighted by molar-refractivity contribution is 6.68. The number of anilines is 1. The van der Waals surface area contributed by atoms with E-state index in [1.54, 1.807) is 24.3 Å². The van der Waals surface area contributed by atoms with Crippen LogP contribution in [0.2, 0.25) is 5.02 Å². The van der Waals surface area contributed by atoms with Crippen molar-refractivity contribution in [1.82, 2.24) is 0 Å². The van der Waals surface area contributed by atoms with Crippen LogP contribution in [0.4, 0.5) is 5.69 Å². The minimum Gasteiger partial charge on any atom is -0.323 e. The lowest BCUT2D eigenvalue weighted by Crippen LogP contribution is -2.38. The Morgan fingerprint density at radius 2 is 1.69 bits per heavy atom. The van der Waals surface area contributed by atoms with E-state index in [2.05, 4.69) is 5.32 Å². The Kier molecular flexibility index (Phi) is 4.19. The zero-order valence-electron chi connectivity index (χ0n) is 8.26. The van der Waals surface area contributed by atoms with Crippen LogP contribution in [0.1, 0.15) is 6.92 Å². The molecule has 86 valence electrons. The number of hydrogen-bond acceptors (Lipinski definition) is 2. The Bertz CT molecular complexity index is 415. The fraction of sp³-hybridized carbons (Fsp3) is 0.200. The van der Waals surface area contributed by atoms with Crippen molar-refractivity contribution in [2.45, 2.75) is 11.3 Å². The summed E-state index contributed by atoms with van der Waals surface area (Å²) in [6, 6.07) is 6.33. The van der Waals surface area contributed by atoms with Crippen LogP contribution in [0.15, 0.2) is 24.3 Å². The minimum absolute atomic E-state index is 0.460. The second kappa shape index (κ2) is 5.04. The predicted octanol–water partition coefficient (Wildman–Crippen LogP) is 3.04. The molecule has 1 aromatic carbocycles. The van der Waals surface area contributed by atoms with Gasteiger partial charge in [0, 0.05) is 10.7 Å². The molecule has 0 heterocycles. The molecule has 0 unspecified atom stereocenters. The smallest absolute Gasteiger partial charge is 0.268 e. The molecular formula is C10H8Cl3NO2. The fourth-order valence-corrected chi connectivity index (χ4v) is 1.12. The van der Waals surface area contributed by atoms with Gasteiger partial charge in [0.05, 0.1) is 0 Å². The summed E-state index contributed by atoms with van der Waals surface area (Å²) in [6.45, 7) is 1.14. The van der Waals surface area contributed by atoms with Crippen LogP contribution < -0.4 is 5.32 Å². The van der Waals surface area contributed by atoms with Crippen LogP contribution in [0.25, 0.3) is 0 Å². The van der Waals surface area contributed by atoms with Gasteiger partial charge in [0.1, 0.15) is 0 Å². The third-order valence-corrected chi connectivity index (χ3v) is 2.96. The second-order valence-corrected chi connectivity index (χ2v) is 4.86.